The van der Waals surface area contributed by atoms with Crippen LogP contribution in [0.25, 0.3) is 4.85 Å². The summed E-state index contributed by atoms with van der Waals surface area (Å²) in [6.07, 6.45) is 3.85. The number of thiophene rings is 1. The molecule has 0 saturated heterocycles. The third-order valence-corrected chi connectivity index (χ3v) is 9.29. The van der Waals surface area contributed by atoms with E-state index in [9.17, 15) is 14.4 Å². The second kappa shape index (κ2) is 22.1. The Hall–Kier alpha value is -3.74. The predicted molar refractivity (Wildman–Crippen MR) is 186 cm³/mol. The van der Waals surface area contributed by atoms with E-state index >= 15 is 0 Å². The number of azo groups is 1. The molecule has 0 N–H and O–H groups in total. The number of aryl methyl sites for hydroxylation is 1. The van der Waals surface area contributed by atoms with Crippen molar-refractivity contribution in [2.45, 2.75) is 46.5 Å². The van der Waals surface area contributed by atoms with Gasteiger partial charge in [-0.3, -0.25) is 14.4 Å². The lowest BCUT2D eigenvalue weighted by Crippen LogP contribution is -2.35. The molecule has 1 heterocycles. The number of carbonyl (C=O) groups excluding carboxylic acids is 3. The van der Waals surface area contributed by atoms with Gasteiger partial charge >= 0.3 is 11.9 Å². The smallest absolute Gasteiger partial charge is 0.309 e. The second-order valence-electron chi connectivity index (χ2n) is 11.4. The maximum atomic E-state index is 12.4. The van der Waals surface area contributed by atoms with E-state index in [0.717, 1.165) is 36.9 Å². The molecule has 0 bridgehead atoms. The van der Waals surface area contributed by atoms with Crippen LogP contribution >= 0.6 is 11.3 Å². The third kappa shape index (κ3) is 12.6. The zero-order valence-electron chi connectivity index (χ0n) is 28.9. The quantitative estimate of drug-likeness (QED) is 0.0436. The first-order valence-electron chi connectivity index (χ1n) is 16.6. The highest BCUT2D eigenvalue weighted by Gasteiger charge is 2.37. The molecule has 1 aliphatic rings. The lowest BCUT2D eigenvalue weighted by Gasteiger charge is -2.27. The van der Waals surface area contributed by atoms with Crippen molar-refractivity contribution in [3.63, 3.8) is 0 Å². The molecule has 1 aliphatic carbocycles. The third-order valence-electron chi connectivity index (χ3n) is 8.19. The Morgan fingerprint density at radius 1 is 0.918 bits per heavy atom. The highest BCUT2D eigenvalue weighted by molar-refractivity contribution is 7.18. The molecule has 2 unspecified atom stereocenters. The molecule has 1 saturated carbocycles. The van der Waals surface area contributed by atoms with Crippen LogP contribution in [0.3, 0.4) is 0 Å². The van der Waals surface area contributed by atoms with Crippen LogP contribution in [0.5, 0.6) is 0 Å². The van der Waals surface area contributed by atoms with Crippen molar-refractivity contribution in [3.8, 4) is 0 Å². The van der Waals surface area contributed by atoms with E-state index in [1.165, 1.54) is 18.4 Å². The van der Waals surface area contributed by atoms with Crippen LogP contribution < -0.4 is 4.90 Å². The molecule has 2 atom stereocenters. The molecule has 1 aromatic heterocycles. The van der Waals surface area contributed by atoms with Gasteiger partial charge in [0.2, 0.25) is 5.69 Å². The first-order chi connectivity index (χ1) is 23.8. The minimum absolute atomic E-state index is 0.134. The Kier molecular flexibility index (Phi) is 17.9. The van der Waals surface area contributed by atoms with Gasteiger partial charge < -0.3 is 33.3 Å². The SMILES string of the molecule is [C-]#[N+]c1c(N=Nc2ccc(N(CC)CCOCCOCCOCCOCCOC(=O)C3CCCCC3C(=O)OC)cc2C)sc(C=O)c1C. The molecule has 14 heteroatoms. The van der Waals surface area contributed by atoms with Gasteiger partial charge in [-0.2, -0.15) is 10.2 Å². The number of nitrogens with zero attached hydrogens (tertiary/aromatic N) is 4. The number of anilines is 1. The second-order valence-corrected chi connectivity index (χ2v) is 12.4. The van der Waals surface area contributed by atoms with Gasteiger partial charge in [-0.25, -0.2) is 4.85 Å². The van der Waals surface area contributed by atoms with Gasteiger partial charge in [-0.05, 0) is 62.9 Å². The average Bonchev–Trinajstić information content (AvgIpc) is 3.44. The average molecular weight is 701 g/mol. The Balaban J connectivity index is 1.21. The van der Waals surface area contributed by atoms with Crippen LogP contribution in [0.1, 0.15) is 53.4 Å². The monoisotopic (exact) mass is 700 g/mol. The molecule has 0 aliphatic heterocycles. The Labute approximate surface area is 292 Å². The van der Waals surface area contributed by atoms with Crippen molar-refractivity contribution < 1.29 is 42.8 Å². The van der Waals surface area contributed by atoms with E-state index < -0.39 is 11.8 Å². The van der Waals surface area contributed by atoms with Gasteiger partial charge in [-0.1, -0.05) is 12.8 Å². The molecule has 3 rings (SSSR count). The number of likely N-dealkylation sites (N-methyl/N-ethyl adjacent to an activating group) is 1. The molecule has 13 nitrogen and oxygen atoms in total. The maximum Gasteiger partial charge on any atom is 0.309 e. The molecule has 1 fully saturated rings. The number of hydrogen-bond donors (Lipinski definition) is 0. The van der Waals surface area contributed by atoms with Crippen molar-refractivity contribution in [3.05, 3.63) is 45.6 Å². The van der Waals surface area contributed by atoms with E-state index in [2.05, 4.69) is 26.9 Å². The van der Waals surface area contributed by atoms with Gasteiger partial charge in [0.25, 0.3) is 0 Å². The van der Waals surface area contributed by atoms with Gasteiger partial charge in [0.1, 0.15) is 11.6 Å². The van der Waals surface area contributed by atoms with Crippen LogP contribution in [0.2, 0.25) is 0 Å². The highest BCUT2D eigenvalue weighted by atomic mass is 32.1. The first-order valence-corrected chi connectivity index (χ1v) is 17.4. The van der Waals surface area contributed by atoms with Crippen molar-refractivity contribution in [2.24, 2.45) is 22.1 Å². The fraction of sp³-hybridized carbons (Fsp3) is 0.600. The number of aldehydes is 1. The number of methoxy groups -OCH3 is 1. The number of ether oxygens (including phenoxy) is 6. The summed E-state index contributed by atoms with van der Waals surface area (Å²) in [5, 5.41) is 9.05. The lowest BCUT2D eigenvalue weighted by molar-refractivity contribution is -0.162. The van der Waals surface area contributed by atoms with Crippen LogP contribution in [0.15, 0.2) is 28.4 Å². The Bertz CT molecular complexity index is 1420. The van der Waals surface area contributed by atoms with Crippen LogP contribution in [-0.4, -0.2) is 97.9 Å². The molecule has 0 spiro atoms. The predicted octanol–water partition coefficient (Wildman–Crippen LogP) is 6.56. The van der Waals surface area contributed by atoms with Crippen molar-refractivity contribution >= 4 is 51.6 Å². The molecular formula is C35H48N4O9S. The maximum absolute atomic E-state index is 12.4. The number of carbonyl (C=O) groups is 3. The fourth-order valence-corrected chi connectivity index (χ4v) is 6.31. The molecule has 2 aromatic rings. The van der Waals surface area contributed by atoms with E-state index in [-0.39, 0.29) is 25.2 Å². The standard InChI is InChI=1S/C35H48N4O9S/c1-6-39(27-11-12-30(25(2)23-27)37-38-33-32(36-4)26(3)31(24-40)49-33)13-14-44-15-16-45-17-18-46-19-20-47-21-22-48-35(42)29-10-8-7-9-28(29)34(41)43-5/h11-12,23-24,28-29H,6-10,13-22H2,1-3,5H3. The van der Waals surface area contributed by atoms with Gasteiger partial charge in [0, 0.05) is 18.8 Å². The van der Waals surface area contributed by atoms with Crippen LogP contribution in [0, 0.1) is 32.3 Å². The highest BCUT2D eigenvalue weighted by Crippen LogP contribution is 2.42. The molecular weight excluding hydrogens is 652 g/mol. The number of benzene rings is 1. The van der Waals surface area contributed by atoms with E-state index in [1.54, 1.807) is 6.92 Å². The normalized spacial score (nSPS) is 16.0. The van der Waals surface area contributed by atoms with E-state index in [0.29, 0.717) is 92.5 Å². The molecule has 0 radical (unpaired) electrons. The van der Waals surface area contributed by atoms with E-state index in [4.69, 9.17) is 35.0 Å². The van der Waals surface area contributed by atoms with Crippen LogP contribution in [-0.2, 0) is 38.0 Å². The van der Waals surface area contributed by atoms with Gasteiger partial charge in [0.15, 0.2) is 6.29 Å². The zero-order valence-corrected chi connectivity index (χ0v) is 29.8. The Morgan fingerprint density at radius 2 is 1.51 bits per heavy atom. The summed E-state index contributed by atoms with van der Waals surface area (Å²) >= 11 is 1.17. The fourth-order valence-electron chi connectivity index (χ4n) is 5.43. The molecule has 0 amide bonds. The van der Waals surface area contributed by atoms with Crippen LogP contribution in [0.4, 0.5) is 22.1 Å². The molecule has 1 aromatic carbocycles. The van der Waals surface area contributed by atoms with Crippen molar-refractivity contribution in [1.82, 2.24) is 0 Å². The summed E-state index contributed by atoms with van der Waals surface area (Å²) in [4.78, 5) is 41.8. The minimum atomic E-state index is -0.440. The number of rotatable bonds is 22. The summed E-state index contributed by atoms with van der Waals surface area (Å²) in [6, 6.07) is 5.94. The zero-order chi connectivity index (χ0) is 35.4. The van der Waals surface area contributed by atoms with E-state index in [1.807, 2.05) is 25.1 Å². The van der Waals surface area contributed by atoms with Gasteiger partial charge in [0.05, 0.1) is 88.9 Å². The van der Waals surface area contributed by atoms with Crippen molar-refractivity contribution in [2.75, 3.05) is 84.6 Å². The molecule has 49 heavy (non-hydrogen) atoms. The summed E-state index contributed by atoms with van der Waals surface area (Å²) in [5.41, 5.74) is 3.70. The minimum Gasteiger partial charge on any atom is -0.469 e. The Morgan fingerprint density at radius 3 is 2.06 bits per heavy atom. The first kappa shape index (κ1) is 39.7. The summed E-state index contributed by atoms with van der Waals surface area (Å²) < 4.78 is 32.5. The lowest BCUT2D eigenvalue weighted by atomic mass is 9.79. The largest absolute Gasteiger partial charge is 0.469 e. The number of esters is 2. The summed E-state index contributed by atoms with van der Waals surface area (Å²) in [7, 11) is 1.34. The topological polar surface area (TPSA) is 139 Å². The number of hydrogen-bond acceptors (Lipinski definition) is 13. The van der Waals surface area contributed by atoms with Crippen molar-refractivity contribution in [1.29, 1.82) is 0 Å². The summed E-state index contributed by atoms with van der Waals surface area (Å²) in [5.74, 6) is -1.57. The molecule has 268 valence electrons. The summed E-state index contributed by atoms with van der Waals surface area (Å²) in [6.45, 7) is 18.2. The van der Waals surface area contributed by atoms with Gasteiger partial charge in [-0.15, -0.1) is 11.3 Å².